The molecule has 142 valence electrons. The summed E-state index contributed by atoms with van der Waals surface area (Å²) in [4.78, 5) is 34.1. The first-order valence-corrected chi connectivity index (χ1v) is 9.20. The number of aryl methyl sites for hydroxylation is 1. The smallest absolute Gasteiger partial charge is 0.261 e. The Morgan fingerprint density at radius 1 is 1.11 bits per heavy atom. The lowest BCUT2D eigenvalue weighted by Crippen LogP contribution is -2.37. The van der Waals surface area contributed by atoms with E-state index in [2.05, 4.69) is 15.3 Å². The van der Waals surface area contributed by atoms with Gasteiger partial charge in [-0.2, -0.15) is 0 Å². The van der Waals surface area contributed by atoms with Gasteiger partial charge in [-0.05, 0) is 31.2 Å². The minimum atomic E-state index is -0.648. The van der Waals surface area contributed by atoms with Crippen molar-refractivity contribution in [3.63, 3.8) is 0 Å². The summed E-state index contributed by atoms with van der Waals surface area (Å²) in [5, 5.41) is 3.40. The van der Waals surface area contributed by atoms with Crippen LogP contribution in [-0.2, 0) is 18.3 Å². The molecule has 0 saturated carbocycles. The standard InChI is InChI=1S/C21H21N5O2/c1-14(26-13-23-16-8-4-3-7-15(16)21(26)28)20(27)22-12-11-19-24-17-9-5-6-10-18(17)25(19)2/h3-10,13-14H,11-12H2,1-2H3,(H,22,27)/t14-/m1/s1. The number of para-hydroxylation sites is 3. The quantitative estimate of drug-likeness (QED) is 0.580. The Morgan fingerprint density at radius 2 is 1.82 bits per heavy atom. The third-order valence-corrected chi connectivity index (χ3v) is 5.01. The van der Waals surface area contributed by atoms with Crippen LogP contribution in [0.4, 0.5) is 0 Å². The van der Waals surface area contributed by atoms with Gasteiger partial charge < -0.3 is 9.88 Å². The van der Waals surface area contributed by atoms with Crippen LogP contribution in [0.25, 0.3) is 21.9 Å². The highest BCUT2D eigenvalue weighted by Gasteiger charge is 2.17. The first kappa shape index (κ1) is 17.9. The Kier molecular flexibility index (Phi) is 4.65. The van der Waals surface area contributed by atoms with Gasteiger partial charge in [0.25, 0.3) is 5.56 Å². The van der Waals surface area contributed by atoms with E-state index in [9.17, 15) is 9.59 Å². The van der Waals surface area contributed by atoms with Crippen molar-refractivity contribution in [1.82, 2.24) is 24.4 Å². The average molecular weight is 375 g/mol. The normalized spacial score (nSPS) is 12.4. The predicted molar refractivity (Wildman–Crippen MR) is 108 cm³/mol. The van der Waals surface area contributed by atoms with E-state index < -0.39 is 6.04 Å². The molecule has 0 fully saturated rings. The molecular formula is C21H21N5O2. The summed E-state index contributed by atoms with van der Waals surface area (Å²) in [5.74, 6) is 0.677. The van der Waals surface area contributed by atoms with Crippen molar-refractivity contribution in [3.05, 3.63) is 71.0 Å². The molecule has 0 spiro atoms. The van der Waals surface area contributed by atoms with E-state index in [0.717, 1.165) is 16.9 Å². The van der Waals surface area contributed by atoms with Gasteiger partial charge >= 0.3 is 0 Å². The molecule has 1 amide bonds. The second-order valence-electron chi connectivity index (χ2n) is 6.77. The van der Waals surface area contributed by atoms with E-state index in [0.29, 0.717) is 23.9 Å². The van der Waals surface area contributed by atoms with Crippen LogP contribution < -0.4 is 10.9 Å². The monoisotopic (exact) mass is 375 g/mol. The molecule has 0 aliphatic carbocycles. The number of nitrogens with zero attached hydrogens (tertiary/aromatic N) is 4. The summed E-state index contributed by atoms with van der Waals surface area (Å²) >= 11 is 0. The van der Waals surface area contributed by atoms with Crippen molar-refractivity contribution >= 4 is 27.8 Å². The zero-order valence-corrected chi connectivity index (χ0v) is 15.8. The van der Waals surface area contributed by atoms with Gasteiger partial charge in [0.15, 0.2) is 0 Å². The highest BCUT2D eigenvalue weighted by Crippen LogP contribution is 2.14. The number of nitrogens with one attached hydrogen (secondary N) is 1. The van der Waals surface area contributed by atoms with Gasteiger partial charge in [0.2, 0.25) is 5.91 Å². The molecule has 7 nitrogen and oxygen atoms in total. The molecule has 0 aliphatic heterocycles. The molecule has 2 aromatic carbocycles. The van der Waals surface area contributed by atoms with E-state index >= 15 is 0 Å². The molecule has 1 atom stereocenters. The van der Waals surface area contributed by atoms with Gasteiger partial charge in [-0.25, -0.2) is 9.97 Å². The SMILES string of the molecule is C[C@H](C(=O)NCCc1nc2ccccc2n1C)n1cnc2ccccc2c1=O. The van der Waals surface area contributed by atoms with Gasteiger partial charge in [0.1, 0.15) is 11.9 Å². The van der Waals surface area contributed by atoms with Gasteiger partial charge in [-0.3, -0.25) is 14.2 Å². The van der Waals surface area contributed by atoms with Crippen LogP contribution >= 0.6 is 0 Å². The Hall–Kier alpha value is -3.48. The summed E-state index contributed by atoms with van der Waals surface area (Å²) in [6.07, 6.45) is 2.04. The summed E-state index contributed by atoms with van der Waals surface area (Å²) in [6.45, 7) is 2.14. The number of carbonyl (C=O) groups is 1. The minimum absolute atomic E-state index is 0.219. The van der Waals surface area contributed by atoms with Crippen LogP contribution in [0.3, 0.4) is 0 Å². The fourth-order valence-corrected chi connectivity index (χ4v) is 3.35. The van der Waals surface area contributed by atoms with Crippen LogP contribution in [0.15, 0.2) is 59.7 Å². The lowest BCUT2D eigenvalue weighted by molar-refractivity contribution is -0.123. The maximum atomic E-state index is 12.6. The fraction of sp³-hybridized carbons (Fsp3) is 0.238. The highest BCUT2D eigenvalue weighted by atomic mass is 16.2. The second-order valence-corrected chi connectivity index (χ2v) is 6.77. The maximum Gasteiger partial charge on any atom is 0.261 e. The van der Waals surface area contributed by atoms with Gasteiger partial charge in [0.05, 0.1) is 28.3 Å². The molecule has 1 N–H and O–H groups in total. The zero-order valence-electron chi connectivity index (χ0n) is 15.8. The van der Waals surface area contributed by atoms with E-state index in [1.54, 1.807) is 25.1 Å². The number of aromatic nitrogens is 4. The van der Waals surface area contributed by atoms with E-state index in [-0.39, 0.29) is 11.5 Å². The lowest BCUT2D eigenvalue weighted by Gasteiger charge is -2.15. The van der Waals surface area contributed by atoms with Crippen molar-refractivity contribution in [2.45, 2.75) is 19.4 Å². The van der Waals surface area contributed by atoms with Crippen LogP contribution in [-0.4, -0.2) is 31.6 Å². The van der Waals surface area contributed by atoms with Crippen molar-refractivity contribution in [2.75, 3.05) is 6.54 Å². The van der Waals surface area contributed by atoms with E-state index in [1.807, 2.05) is 41.9 Å². The van der Waals surface area contributed by atoms with Crippen molar-refractivity contribution in [3.8, 4) is 0 Å². The molecule has 28 heavy (non-hydrogen) atoms. The molecule has 4 rings (SSSR count). The molecule has 4 aromatic rings. The third-order valence-electron chi connectivity index (χ3n) is 5.01. The Bertz CT molecular complexity index is 1220. The average Bonchev–Trinajstić information content (AvgIpc) is 3.04. The Labute approximate surface area is 161 Å². The van der Waals surface area contributed by atoms with E-state index in [4.69, 9.17) is 0 Å². The number of carbonyl (C=O) groups excluding carboxylic acids is 1. The molecule has 2 aromatic heterocycles. The highest BCUT2D eigenvalue weighted by molar-refractivity contribution is 5.81. The van der Waals surface area contributed by atoms with Crippen LogP contribution in [0.2, 0.25) is 0 Å². The van der Waals surface area contributed by atoms with Crippen molar-refractivity contribution < 1.29 is 4.79 Å². The van der Waals surface area contributed by atoms with Gasteiger partial charge in [0, 0.05) is 20.0 Å². The van der Waals surface area contributed by atoms with Crippen LogP contribution in [0.5, 0.6) is 0 Å². The molecule has 0 saturated heterocycles. The number of imidazole rings is 1. The summed E-state index contributed by atoms with van der Waals surface area (Å²) in [6, 6.07) is 14.4. The number of hydrogen-bond acceptors (Lipinski definition) is 4. The Morgan fingerprint density at radius 3 is 2.61 bits per heavy atom. The molecule has 0 radical (unpaired) electrons. The van der Waals surface area contributed by atoms with Gasteiger partial charge in [-0.15, -0.1) is 0 Å². The van der Waals surface area contributed by atoms with Crippen molar-refractivity contribution in [2.24, 2.45) is 7.05 Å². The Balaban J connectivity index is 1.45. The lowest BCUT2D eigenvalue weighted by atomic mass is 10.2. The molecule has 2 heterocycles. The molecule has 7 heteroatoms. The van der Waals surface area contributed by atoms with Crippen LogP contribution in [0, 0.1) is 0 Å². The second kappa shape index (κ2) is 7.26. The first-order valence-electron chi connectivity index (χ1n) is 9.20. The van der Waals surface area contributed by atoms with Crippen molar-refractivity contribution in [1.29, 1.82) is 0 Å². The topological polar surface area (TPSA) is 81.8 Å². The molecule has 0 unspecified atom stereocenters. The first-order chi connectivity index (χ1) is 13.6. The fourth-order valence-electron chi connectivity index (χ4n) is 3.35. The number of benzene rings is 2. The van der Waals surface area contributed by atoms with Crippen LogP contribution in [0.1, 0.15) is 18.8 Å². The third kappa shape index (κ3) is 3.15. The van der Waals surface area contributed by atoms with E-state index in [1.165, 1.54) is 10.9 Å². The molecular weight excluding hydrogens is 354 g/mol. The maximum absolute atomic E-state index is 12.6. The number of hydrogen-bond donors (Lipinski definition) is 1. The summed E-state index contributed by atoms with van der Waals surface area (Å²) < 4.78 is 3.40. The number of rotatable bonds is 5. The predicted octanol–water partition coefficient (Wildman–Crippen LogP) is 2.20. The molecule has 0 bridgehead atoms. The largest absolute Gasteiger partial charge is 0.354 e. The minimum Gasteiger partial charge on any atom is -0.354 e. The number of fused-ring (bicyclic) bond motifs is 2. The molecule has 0 aliphatic rings. The zero-order chi connectivity index (χ0) is 19.7. The summed E-state index contributed by atoms with van der Waals surface area (Å²) in [5.41, 5.74) is 2.40. The number of amides is 1. The van der Waals surface area contributed by atoms with Gasteiger partial charge in [-0.1, -0.05) is 24.3 Å². The summed E-state index contributed by atoms with van der Waals surface area (Å²) in [7, 11) is 1.97.